The number of piperazine rings is 1. The second kappa shape index (κ2) is 12.2. The van der Waals surface area contributed by atoms with Crippen LogP contribution in [0.5, 0.6) is 0 Å². The Labute approximate surface area is 249 Å². The SMILES string of the molecule is O=C(c1csc(CSc2nnc(-c3ccco3)n2-c2cc(Cl)ccc2Cl)n1)N1CCN(Cc2ccccc2)CC1. The van der Waals surface area contributed by atoms with E-state index < -0.39 is 0 Å². The minimum Gasteiger partial charge on any atom is -0.461 e. The molecule has 0 saturated carbocycles. The van der Waals surface area contributed by atoms with Crippen molar-refractivity contribution in [3.05, 3.63) is 98.6 Å². The molecule has 40 heavy (non-hydrogen) atoms. The summed E-state index contributed by atoms with van der Waals surface area (Å²) in [5.74, 6) is 1.55. The normalized spacial score (nSPS) is 14.1. The summed E-state index contributed by atoms with van der Waals surface area (Å²) in [6.45, 7) is 3.95. The van der Waals surface area contributed by atoms with Gasteiger partial charge in [-0.15, -0.1) is 21.5 Å². The van der Waals surface area contributed by atoms with Gasteiger partial charge in [-0.05, 0) is 35.9 Å². The number of nitrogens with zero attached hydrogens (tertiary/aromatic N) is 6. The summed E-state index contributed by atoms with van der Waals surface area (Å²) in [6, 6.07) is 19.2. The Morgan fingerprint density at radius 2 is 1.82 bits per heavy atom. The fraction of sp³-hybridized carbons (Fsp3) is 0.214. The van der Waals surface area contributed by atoms with E-state index in [0.29, 0.717) is 57.0 Å². The highest BCUT2D eigenvalue weighted by molar-refractivity contribution is 7.98. The third-order valence-electron chi connectivity index (χ3n) is 6.53. The van der Waals surface area contributed by atoms with Crippen LogP contribution in [0, 0.1) is 0 Å². The molecule has 0 unspecified atom stereocenters. The van der Waals surface area contributed by atoms with E-state index in [-0.39, 0.29) is 5.91 Å². The molecule has 3 aromatic heterocycles. The van der Waals surface area contributed by atoms with Crippen LogP contribution in [0.25, 0.3) is 17.3 Å². The Balaban J connectivity index is 1.12. The highest BCUT2D eigenvalue weighted by atomic mass is 35.5. The van der Waals surface area contributed by atoms with Crippen LogP contribution in [0.3, 0.4) is 0 Å². The molecule has 1 amide bonds. The fourth-order valence-electron chi connectivity index (χ4n) is 4.52. The van der Waals surface area contributed by atoms with Crippen LogP contribution in [0.2, 0.25) is 10.0 Å². The molecule has 4 heterocycles. The van der Waals surface area contributed by atoms with Crippen molar-refractivity contribution in [3.8, 4) is 17.3 Å². The number of carbonyl (C=O) groups excluding carboxylic acids is 1. The van der Waals surface area contributed by atoms with E-state index in [1.165, 1.54) is 28.7 Å². The van der Waals surface area contributed by atoms with E-state index in [2.05, 4.69) is 44.3 Å². The van der Waals surface area contributed by atoms with Gasteiger partial charge in [0.05, 0.1) is 22.7 Å². The van der Waals surface area contributed by atoms with E-state index in [4.69, 9.17) is 27.6 Å². The van der Waals surface area contributed by atoms with E-state index in [1.807, 2.05) is 27.0 Å². The average Bonchev–Trinajstić information content (AvgIpc) is 3.75. The van der Waals surface area contributed by atoms with Gasteiger partial charge in [-0.1, -0.05) is 65.3 Å². The molecule has 12 heteroatoms. The topological polar surface area (TPSA) is 80.3 Å². The van der Waals surface area contributed by atoms with E-state index >= 15 is 0 Å². The van der Waals surface area contributed by atoms with Crippen molar-refractivity contribution in [1.29, 1.82) is 0 Å². The molecule has 6 rings (SSSR count). The second-order valence-electron chi connectivity index (χ2n) is 9.18. The number of rotatable bonds is 8. The molecular formula is C28H24Cl2N6O2S2. The lowest BCUT2D eigenvalue weighted by atomic mass is 10.2. The monoisotopic (exact) mass is 610 g/mol. The number of hydrogen-bond donors (Lipinski definition) is 0. The van der Waals surface area contributed by atoms with Crippen LogP contribution in [0.15, 0.2) is 81.9 Å². The number of halogens is 2. The fourth-order valence-corrected chi connectivity index (χ4v) is 6.62. The van der Waals surface area contributed by atoms with Crippen molar-refractivity contribution in [2.45, 2.75) is 17.5 Å². The van der Waals surface area contributed by atoms with Gasteiger partial charge in [0, 0.05) is 43.1 Å². The summed E-state index contributed by atoms with van der Waals surface area (Å²) in [4.78, 5) is 22.1. The molecule has 8 nitrogen and oxygen atoms in total. The summed E-state index contributed by atoms with van der Waals surface area (Å²) < 4.78 is 7.41. The Kier molecular flexibility index (Phi) is 8.22. The summed E-state index contributed by atoms with van der Waals surface area (Å²) in [5, 5.41) is 13.1. The Morgan fingerprint density at radius 1 is 1.00 bits per heavy atom. The average molecular weight is 612 g/mol. The van der Waals surface area contributed by atoms with Crippen molar-refractivity contribution < 1.29 is 9.21 Å². The van der Waals surface area contributed by atoms with Crippen LogP contribution in [-0.4, -0.2) is 61.6 Å². The number of amides is 1. The number of hydrogen-bond acceptors (Lipinski definition) is 8. The first-order chi connectivity index (χ1) is 19.5. The first-order valence-electron chi connectivity index (χ1n) is 12.6. The predicted octanol–water partition coefficient (Wildman–Crippen LogP) is 6.54. The van der Waals surface area contributed by atoms with Crippen LogP contribution in [0.4, 0.5) is 0 Å². The maximum absolute atomic E-state index is 13.2. The second-order valence-corrected chi connectivity index (χ2v) is 11.9. The molecule has 204 valence electrons. The van der Waals surface area contributed by atoms with Crippen molar-refractivity contribution in [1.82, 2.24) is 29.5 Å². The number of thiazole rings is 1. The van der Waals surface area contributed by atoms with Gasteiger partial charge in [0.25, 0.3) is 5.91 Å². The molecular weight excluding hydrogens is 587 g/mol. The number of thioether (sulfide) groups is 1. The standard InChI is InChI=1S/C28H24Cl2N6O2S2/c29-20-8-9-21(30)23(15-20)36-26(24-7-4-14-38-24)32-33-28(36)40-18-25-31-22(17-39-25)27(37)35-12-10-34(11-13-35)16-19-5-2-1-3-6-19/h1-9,14-15,17H,10-13,16,18H2. The highest BCUT2D eigenvalue weighted by Crippen LogP contribution is 2.34. The minimum absolute atomic E-state index is 0.0270. The smallest absolute Gasteiger partial charge is 0.273 e. The van der Waals surface area contributed by atoms with Gasteiger partial charge in [0.15, 0.2) is 10.9 Å². The predicted molar refractivity (Wildman–Crippen MR) is 158 cm³/mol. The van der Waals surface area contributed by atoms with Crippen molar-refractivity contribution in [2.24, 2.45) is 0 Å². The zero-order valence-corrected chi connectivity index (χ0v) is 24.4. The van der Waals surface area contributed by atoms with E-state index in [0.717, 1.165) is 24.6 Å². The maximum Gasteiger partial charge on any atom is 0.273 e. The van der Waals surface area contributed by atoms with Gasteiger partial charge in [-0.3, -0.25) is 14.3 Å². The van der Waals surface area contributed by atoms with Crippen molar-refractivity contribution in [3.63, 3.8) is 0 Å². The molecule has 0 N–H and O–H groups in total. The molecule has 0 bridgehead atoms. The summed E-state index contributed by atoms with van der Waals surface area (Å²) >= 11 is 15.7. The Bertz CT molecular complexity index is 1600. The maximum atomic E-state index is 13.2. The van der Waals surface area contributed by atoms with Gasteiger partial charge in [0.1, 0.15) is 10.7 Å². The van der Waals surface area contributed by atoms with Gasteiger partial charge < -0.3 is 9.32 Å². The molecule has 1 saturated heterocycles. The van der Waals surface area contributed by atoms with Crippen LogP contribution in [-0.2, 0) is 12.3 Å². The lowest BCUT2D eigenvalue weighted by Crippen LogP contribution is -2.48. The molecule has 0 atom stereocenters. The molecule has 0 aliphatic carbocycles. The van der Waals surface area contributed by atoms with Crippen molar-refractivity contribution >= 4 is 52.2 Å². The molecule has 2 aromatic carbocycles. The molecule has 1 aliphatic heterocycles. The number of furan rings is 1. The number of carbonyl (C=O) groups is 1. The number of benzene rings is 2. The molecule has 0 radical (unpaired) electrons. The van der Waals surface area contributed by atoms with E-state index in [9.17, 15) is 4.79 Å². The lowest BCUT2D eigenvalue weighted by Gasteiger charge is -2.34. The number of aromatic nitrogens is 4. The van der Waals surface area contributed by atoms with Gasteiger partial charge in [-0.2, -0.15) is 0 Å². The van der Waals surface area contributed by atoms with E-state index in [1.54, 1.807) is 30.5 Å². The van der Waals surface area contributed by atoms with Crippen LogP contribution < -0.4 is 0 Å². The first-order valence-corrected chi connectivity index (χ1v) is 15.2. The molecule has 1 fully saturated rings. The highest BCUT2D eigenvalue weighted by Gasteiger charge is 2.25. The third-order valence-corrected chi connectivity index (χ3v) is 9.05. The summed E-state index contributed by atoms with van der Waals surface area (Å²) in [7, 11) is 0. The molecule has 0 spiro atoms. The zero-order valence-electron chi connectivity index (χ0n) is 21.2. The van der Waals surface area contributed by atoms with Crippen molar-refractivity contribution in [2.75, 3.05) is 26.2 Å². The first kappa shape index (κ1) is 27.0. The summed E-state index contributed by atoms with van der Waals surface area (Å²) in [6.07, 6.45) is 1.58. The van der Waals surface area contributed by atoms with Crippen LogP contribution >= 0.6 is 46.3 Å². The third kappa shape index (κ3) is 5.96. The largest absolute Gasteiger partial charge is 0.461 e. The quantitative estimate of drug-likeness (QED) is 0.184. The zero-order chi connectivity index (χ0) is 27.5. The van der Waals surface area contributed by atoms with Crippen LogP contribution in [0.1, 0.15) is 21.1 Å². The molecule has 1 aliphatic rings. The Hall–Kier alpha value is -3.15. The van der Waals surface area contributed by atoms with Gasteiger partial charge >= 0.3 is 0 Å². The summed E-state index contributed by atoms with van der Waals surface area (Å²) in [5.41, 5.74) is 2.41. The Morgan fingerprint density at radius 3 is 2.60 bits per heavy atom. The van der Waals surface area contributed by atoms with Gasteiger partial charge in [-0.25, -0.2) is 4.98 Å². The lowest BCUT2D eigenvalue weighted by molar-refractivity contribution is 0.0623. The molecule has 5 aromatic rings. The van der Waals surface area contributed by atoms with Gasteiger partial charge in [0.2, 0.25) is 5.82 Å². The minimum atomic E-state index is -0.0270.